The van der Waals surface area contributed by atoms with E-state index in [4.69, 9.17) is 4.74 Å². The lowest BCUT2D eigenvalue weighted by molar-refractivity contribution is -0.140. The van der Waals surface area contributed by atoms with Gasteiger partial charge in [-0.1, -0.05) is 24.3 Å². The molecule has 0 spiro atoms. The Kier molecular flexibility index (Phi) is 4.09. The lowest BCUT2D eigenvalue weighted by Gasteiger charge is -2.25. The number of hydrogen-bond donors (Lipinski definition) is 2. The second kappa shape index (κ2) is 5.63. The number of carbonyl (C=O) groups is 2. The summed E-state index contributed by atoms with van der Waals surface area (Å²) in [5, 5.41) is 5.69. The number of fused-ring (bicyclic) bond motifs is 1. The number of alkyl carbamates (subject to hydrolysis) is 1. The Hall–Kier alpha value is -1.88. The maximum absolute atomic E-state index is 12.0. The van der Waals surface area contributed by atoms with Crippen LogP contribution in [-0.2, 0) is 22.5 Å². The molecule has 0 bridgehead atoms. The van der Waals surface area contributed by atoms with E-state index in [2.05, 4.69) is 10.6 Å². The highest BCUT2D eigenvalue weighted by Gasteiger charge is 2.27. The zero-order valence-corrected chi connectivity index (χ0v) is 12.0. The molecule has 0 saturated heterocycles. The molecule has 0 aliphatic carbocycles. The molecular formula is C15H20N2O3. The molecule has 0 unspecified atom stereocenters. The molecule has 2 N–H and O–H groups in total. The van der Waals surface area contributed by atoms with Crippen LogP contribution in [0, 0.1) is 0 Å². The Morgan fingerprint density at radius 1 is 1.25 bits per heavy atom. The molecular weight excluding hydrogens is 256 g/mol. The summed E-state index contributed by atoms with van der Waals surface area (Å²) in [5.41, 5.74) is 1.87. The number of rotatable bonds is 1. The van der Waals surface area contributed by atoms with Crippen molar-refractivity contribution < 1.29 is 14.3 Å². The van der Waals surface area contributed by atoms with Crippen LogP contribution in [-0.4, -0.2) is 23.6 Å². The van der Waals surface area contributed by atoms with Crippen molar-refractivity contribution in [2.45, 2.75) is 45.3 Å². The van der Waals surface area contributed by atoms with E-state index >= 15 is 0 Å². The molecule has 0 radical (unpaired) electrons. The first-order valence-corrected chi connectivity index (χ1v) is 6.69. The highest BCUT2D eigenvalue weighted by atomic mass is 16.6. The summed E-state index contributed by atoms with van der Waals surface area (Å²) in [4.78, 5) is 23.5. The van der Waals surface area contributed by atoms with Gasteiger partial charge in [-0.2, -0.15) is 0 Å². The van der Waals surface area contributed by atoms with Crippen molar-refractivity contribution in [1.29, 1.82) is 0 Å². The van der Waals surface area contributed by atoms with Crippen molar-refractivity contribution in [3.63, 3.8) is 0 Å². The molecule has 1 amide bonds. The average molecular weight is 276 g/mol. The lowest BCUT2D eigenvalue weighted by atomic mass is 9.96. The van der Waals surface area contributed by atoms with E-state index in [1.807, 2.05) is 45.0 Å². The molecule has 108 valence electrons. The van der Waals surface area contributed by atoms with E-state index in [0.717, 1.165) is 5.56 Å². The Labute approximate surface area is 118 Å². The van der Waals surface area contributed by atoms with Crippen molar-refractivity contribution in [1.82, 2.24) is 10.6 Å². The molecule has 1 heterocycles. The van der Waals surface area contributed by atoms with Gasteiger partial charge in [-0.15, -0.1) is 0 Å². The minimum Gasteiger partial charge on any atom is -0.375 e. The normalized spacial score (nSPS) is 18.1. The first-order chi connectivity index (χ1) is 9.35. The minimum absolute atomic E-state index is 0.427. The second-order valence-electron chi connectivity index (χ2n) is 5.99. The van der Waals surface area contributed by atoms with Gasteiger partial charge < -0.3 is 10.1 Å². The van der Waals surface area contributed by atoms with Gasteiger partial charge in [0.2, 0.25) is 0 Å². The zero-order chi connectivity index (χ0) is 14.8. The molecule has 0 aromatic heterocycles. The van der Waals surface area contributed by atoms with Crippen LogP contribution in [0.1, 0.15) is 31.9 Å². The summed E-state index contributed by atoms with van der Waals surface area (Å²) < 4.78 is 4.83. The van der Waals surface area contributed by atoms with Crippen molar-refractivity contribution in [2.24, 2.45) is 0 Å². The summed E-state index contributed by atoms with van der Waals surface area (Å²) >= 11 is 0. The molecule has 2 rings (SSSR count). The quantitative estimate of drug-likeness (QED) is 0.606. The largest absolute Gasteiger partial charge is 0.415 e. The van der Waals surface area contributed by atoms with Gasteiger partial charge in [0, 0.05) is 12.1 Å². The predicted octanol–water partition coefficient (Wildman–Crippen LogP) is 1.75. The molecule has 1 aromatic rings. The lowest BCUT2D eigenvalue weighted by Crippen LogP contribution is -2.47. The molecule has 1 aromatic carbocycles. The third-order valence-electron chi connectivity index (χ3n) is 3.04. The number of esters is 1. The van der Waals surface area contributed by atoms with E-state index in [1.165, 1.54) is 5.56 Å². The van der Waals surface area contributed by atoms with Gasteiger partial charge in [0.05, 0.1) is 0 Å². The smallest absolute Gasteiger partial charge is 0.375 e. The Bertz CT molecular complexity index is 520. The third-order valence-corrected chi connectivity index (χ3v) is 3.04. The number of carbonyl (C=O) groups excluding carboxylic acids is 2. The fourth-order valence-corrected chi connectivity index (χ4v) is 2.12. The molecule has 5 heteroatoms. The first kappa shape index (κ1) is 14.5. The van der Waals surface area contributed by atoms with Gasteiger partial charge in [0.1, 0.15) is 6.04 Å². The highest BCUT2D eigenvalue weighted by molar-refractivity contribution is 5.88. The van der Waals surface area contributed by atoms with E-state index in [1.54, 1.807) is 0 Å². The maximum Gasteiger partial charge on any atom is 0.415 e. The van der Waals surface area contributed by atoms with Gasteiger partial charge in [-0.3, -0.25) is 5.32 Å². The van der Waals surface area contributed by atoms with Crippen molar-refractivity contribution in [3.8, 4) is 0 Å². The summed E-state index contributed by atoms with van der Waals surface area (Å²) in [6.07, 6.45) is -0.166. The van der Waals surface area contributed by atoms with Crippen LogP contribution in [0.5, 0.6) is 0 Å². The number of nitrogens with one attached hydrogen (secondary N) is 2. The fraction of sp³-hybridized carbons (Fsp3) is 0.467. The third kappa shape index (κ3) is 3.81. The number of benzene rings is 1. The number of hydrogen-bond acceptors (Lipinski definition) is 4. The molecule has 5 nitrogen and oxygen atoms in total. The summed E-state index contributed by atoms with van der Waals surface area (Å²) in [6.45, 7) is 6.09. The van der Waals surface area contributed by atoms with Gasteiger partial charge in [-0.25, -0.2) is 9.59 Å². The molecule has 1 aliphatic rings. The van der Waals surface area contributed by atoms with Crippen molar-refractivity contribution in [3.05, 3.63) is 35.4 Å². The van der Waals surface area contributed by atoms with Crippen LogP contribution in [0.2, 0.25) is 0 Å². The Balaban J connectivity index is 1.93. The van der Waals surface area contributed by atoms with E-state index in [0.29, 0.717) is 13.0 Å². The summed E-state index contributed by atoms with van der Waals surface area (Å²) in [5.74, 6) is -0.541. The minimum atomic E-state index is -0.705. The SMILES string of the molecule is CC(C)(C)NC(=O)OC(=O)[C@@H]1Cc2ccccc2CN1. The standard InChI is InChI=1S/C15H20N2O3/c1-15(2,3)17-14(19)20-13(18)12-8-10-6-4-5-7-11(10)9-16-12/h4-7,12,16H,8-9H2,1-3H3,(H,17,19)/t12-/m0/s1. The van der Waals surface area contributed by atoms with Crippen molar-refractivity contribution in [2.75, 3.05) is 0 Å². The molecule has 0 saturated carbocycles. The highest BCUT2D eigenvalue weighted by Crippen LogP contribution is 2.16. The average Bonchev–Trinajstić information content (AvgIpc) is 2.35. The van der Waals surface area contributed by atoms with Crippen LogP contribution < -0.4 is 10.6 Å². The van der Waals surface area contributed by atoms with Gasteiger partial charge in [0.25, 0.3) is 0 Å². The van der Waals surface area contributed by atoms with Crippen LogP contribution in [0.25, 0.3) is 0 Å². The zero-order valence-electron chi connectivity index (χ0n) is 12.0. The molecule has 1 atom stereocenters. The molecule has 1 aliphatic heterocycles. The molecule has 20 heavy (non-hydrogen) atoms. The number of ether oxygens (including phenoxy) is 1. The monoisotopic (exact) mass is 276 g/mol. The van der Waals surface area contributed by atoms with Gasteiger partial charge in [0.15, 0.2) is 0 Å². The van der Waals surface area contributed by atoms with Crippen LogP contribution in [0.3, 0.4) is 0 Å². The van der Waals surface area contributed by atoms with E-state index in [9.17, 15) is 9.59 Å². The maximum atomic E-state index is 12.0. The number of amides is 1. The van der Waals surface area contributed by atoms with Crippen molar-refractivity contribution >= 4 is 12.1 Å². The Morgan fingerprint density at radius 3 is 2.55 bits per heavy atom. The summed E-state index contributed by atoms with van der Waals surface area (Å²) in [7, 11) is 0. The summed E-state index contributed by atoms with van der Waals surface area (Å²) in [6, 6.07) is 7.45. The van der Waals surface area contributed by atoms with Gasteiger partial charge in [-0.05, 0) is 38.3 Å². The van der Waals surface area contributed by atoms with E-state index < -0.39 is 23.6 Å². The first-order valence-electron chi connectivity index (χ1n) is 6.69. The van der Waals surface area contributed by atoms with Crippen LogP contribution in [0.4, 0.5) is 4.79 Å². The van der Waals surface area contributed by atoms with Crippen LogP contribution in [0.15, 0.2) is 24.3 Å². The van der Waals surface area contributed by atoms with Crippen LogP contribution >= 0.6 is 0 Å². The molecule has 0 fully saturated rings. The topological polar surface area (TPSA) is 67.4 Å². The van der Waals surface area contributed by atoms with Gasteiger partial charge >= 0.3 is 12.1 Å². The second-order valence-corrected chi connectivity index (χ2v) is 5.99. The van der Waals surface area contributed by atoms with E-state index in [-0.39, 0.29) is 0 Å². The Morgan fingerprint density at radius 2 is 1.90 bits per heavy atom. The fourth-order valence-electron chi connectivity index (χ4n) is 2.12. The predicted molar refractivity (Wildman–Crippen MR) is 75.2 cm³/mol.